The van der Waals surface area contributed by atoms with Crippen molar-refractivity contribution in [3.05, 3.63) is 58.7 Å². The molecule has 0 fully saturated rings. The third-order valence-corrected chi connectivity index (χ3v) is 5.93. The summed E-state index contributed by atoms with van der Waals surface area (Å²) in [6.45, 7) is 0. The van der Waals surface area contributed by atoms with Crippen LogP contribution in [0.1, 0.15) is 34.4 Å². The molecule has 2 aromatic carbocycles. The van der Waals surface area contributed by atoms with Crippen LogP contribution in [0.25, 0.3) is 0 Å². The third-order valence-electron chi connectivity index (χ3n) is 5.67. The summed E-state index contributed by atoms with van der Waals surface area (Å²) in [5.41, 5.74) is 0.861. The van der Waals surface area contributed by atoms with Gasteiger partial charge in [0.05, 0.1) is 33.6 Å². The monoisotopic (exact) mass is 510 g/mol. The van der Waals surface area contributed by atoms with E-state index in [1.165, 1.54) is 21.3 Å². The van der Waals surface area contributed by atoms with E-state index < -0.39 is 24.2 Å². The van der Waals surface area contributed by atoms with Gasteiger partial charge in [0.25, 0.3) is 5.91 Å². The van der Waals surface area contributed by atoms with E-state index in [4.69, 9.17) is 25.8 Å². The SMILES string of the molecule is COc1cc(C2CC(C(F)(F)F)n3ncc(C(=O)Nc4ccc(Cl)cc4)c3N2)cc(OC)c1OC. The quantitative estimate of drug-likeness (QED) is 0.457. The number of hydrogen-bond donors (Lipinski definition) is 2. The first-order chi connectivity index (χ1) is 16.7. The number of halogens is 4. The van der Waals surface area contributed by atoms with E-state index in [2.05, 4.69) is 15.7 Å². The Morgan fingerprint density at radius 3 is 2.29 bits per heavy atom. The van der Waals surface area contributed by atoms with Gasteiger partial charge < -0.3 is 24.8 Å². The van der Waals surface area contributed by atoms with E-state index >= 15 is 0 Å². The zero-order valence-corrected chi connectivity index (χ0v) is 19.7. The Morgan fingerprint density at radius 1 is 1.11 bits per heavy atom. The van der Waals surface area contributed by atoms with Gasteiger partial charge in [-0.15, -0.1) is 0 Å². The number of anilines is 2. The lowest BCUT2D eigenvalue weighted by molar-refractivity contribution is -0.173. The van der Waals surface area contributed by atoms with Gasteiger partial charge in [-0.3, -0.25) is 4.79 Å². The van der Waals surface area contributed by atoms with Gasteiger partial charge in [-0.25, -0.2) is 4.68 Å². The van der Waals surface area contributed by atoms with Crippen LogP contribution in [0.5, 0.6) is 17.2 Å². The molecule has 2 N–H and O–H groups in total. The van der Waals surface area contributed by atoms with Gasteiger partial charge in [-0.05, 0) is 42.0 Å². The summed E-state index contributed by atoms with van der Waals surface area (Å²) >= 11 is 5.87. The van der Waals surface area contributed by atoms with Crippen LogP contribution in [0.2, 0.25) is 5.02 Å². The van der Waals surface area contributed by atoms with Gasteiger partial charge in [0.1, 0.15) is 11.4 Å². The molecule has 1 amide bonds. The molecule has 2 atom stereocenters. The number of rotatable bonds is 6. The van der Waals surface area contributed by atoms with Crippen molar-refractivity contribution in [2.24, 2.45) is 0 Å². The number of benzene rings is 2. The second-order valence-electron chi connectivity index (χ2n) is 7.76. The standard InChI is InChI=1S/C23H22ClF3N4O4/c1-33-17-8-12(9-18(34-2)20(17)35-3)16-10-19(23(25,26)27)31-21(30-16)15(11-28-31)22(32)29-14-6-4-13(24)5-7-14/h4-9,11,16,19,30H,10H2,1-3H3,(H,29,32). The number of ether oxygens (including phenoxy) is 3. The van der Waals surface area contributed by atoms with Crippen LogP contribution in [0, 0.1) is 0 Å². The predicted octanol–water partition coefficient (Wildman–Crippen LogP) is 5.47. The number of aromatic nitrogens is 2. The molecular weight excluding hydrogens is 489 g/mol. The van der Waals surface area contributed by atoms with E-state index in [0.29, 0.717) is 33.5 Å². The molecule has 8 nitrogen and oxygen atoms in total. The van der Waals surface area contributed by atoms with Crippen LogP contribution in [-0.4, -0.2) is 43.2 Å². The molecule has 0 radical (unpaired) electrons. The highest BCUT2D eigenvalue weighted by Gasteiger charge is 2.47. The Bertz CT molecular complexity index is 1210. The fourth-order valence-corrected chi connectivity index (χ4v) is 4.11. The molecule has 0 saturated heterocycles. The van der Waals surface area contributed by atoms with Crippen LogP contribution in [0.3, 0.4) is 0 Å². The van der Waals surface area contributed by atoms with Gasteiger partial charge in [0.2, 0.25) is 5.75 Å². The van der Waals surface area contributed by atoms with Gasteiger partial charge >= 0.3 is 6.18 Å². The molecule has 2 unspecified atom stereocenters. The zero-order chi connectivity index (χ0) is 25.3. The van der Waals surface area contributed by atoms with Gasteiger partial charge in [0.15, 0.2) is 17.5 Å². The third kappa shape index (κ3) is 4.81. The van der Waals surface area contributed by atoms with E-state index in [1.807, 2.05) is 0 Å². The molecular formula is C23H22ClF3N4O4. The minimum atomic E-state index is -4.61. The first-order valence-electron chi connectivity index (χ1n) is 10.4. The fourth-order valence-electron chi connectivity index (χ4n) is 3.98. The summed E-state index contributed by atoms with van der Waals surface area (Å²) in [6, 6.07) is 6.70. The highest BCUT2D eigenvalue weighted by atomic mass is 35.5. The Hall–Kier alpha value is -3.60. The number of nitrogens with one attached hydrogen (secondary N) is 2. The van der Waals surface area contributed by atoms with Crippen molar-refractivity contribution in [1.82, 2.24) is 9.78 Å². The van der Waals surface area contributed by atoms with Crippen molar-refractivity contribution in [3.8, 4) is 17.2 Å². The van der Waals surface area contributed by atoms with Crippen LogP contribution >= 0.6 is 11.6 Å². The van der Waals surface area contributed by atoms with Crippen molar-refractivity contribution in [2.75, 3.05) is 32.0 Å². The number of alkyl halides is 3. The van der Waals surface area contributed by atoms with Crippen LogP contribution < -0.4 is 24.8 Å². The molecule has 186 valence electrons. The number of carbonyl (C=O) groups excluding carboxylic acids is 1. The van der Waals surface area contributed by atoms with Crippen LogP contribution in [-0.2, 0) is 0 Å². The molecule has 0 bridgehead atoms. The number of methoxy groups -OCH3 is 3. The zero-order valence-electron chi connectivity index (χ0n) is 18.9. The largest absolute Gasteiger partial charge is 0.493 e. The Kier molecular flexibility index (Phi) is 6.70. The number of nitrogens with zero attached hydrogens (tertiary/aromatic N) is 2. The highest BCUT2D eigenvalue weighted by molar-refractivity contribution is 6.30. The number of amides is 1. The van der Waals surface area contributed by atoms with Crippen LogP contribution in [0.15, 0.2) is 42.6 Å². The van der Waals surface area contributed by atoms with Crippen molar-refractivity contribution >= 4 is 29.0 Å². The molecule has 12 heteroatoms. The fraction of sp³-hybridized carbons (Fsp3) is 0.304. The Balaban J connectivity index is 1.73. The molecule has 3 aromatic rings. The number of fused-ring (bicyclic) bond motifs is 1. The molecule has 1 aliphatic heterocycles. The minimum Gasteiger partial charge on any atom is -0.493 e. The summed E-state index contributed by atoms with van der Waals surface area (Å²) in [7, 11) is 4.27. The van der Waals surface area contributed by atoms with Crippen molar-refractivity contribution in [2.45, 2.75) is 24.7 Å². The van der Waals surface area contributed by atoms with Gasteiger partial charge in [-0.1, -0.05) is 11.6 Å². The number of hydrogen-bond acceptors (Lipinski definition) is 6. The summed E-state index contributed by atoms with van der Waals surface area (Å²) in [6.07, 6.45) is -3.86. The smallest absolute Gasteiger partial charge is 0.410 e. The van der Waals surface area contributed by atoms with Crippen LogP contribution in [0.4, 0.5) is 24.7 Å². The maximum Gasteiger partial charge on any atom is 0.410 e. The lowest BCUT2D eigenvalue weighted by atomic mass is 9.95. The molecule has 4 rings (SSSR count). The number of carbonyl (C=O) groups is 1. The maximum atomic E-state index is 14.0. The topological polar surface area (TPSA) is 86.6 Å². The normalized spacial score (nSPS) is 17.2. The van der Waals surface area contributed by atoms with Crippen molar-refractivity contribution in [3.63, 3.8) is 0 Å². The summed E-state index contributed by atoms with van der Waals surface area (Å²) in [4.78, 5) is 12.9. The van der Waals surface area contributed by atoms with E-state index in [9.17, 15) is 18.0 Å². The van der Waals surface area contributed by atoms with E-state index in [0.717, 1.165) is 10.9 Å². The summed E-state index contributed by atoms with van der Waals surface area (Å²) < 4.78 is 58.9. The molecule has 1 aromatic heterocycles. The lowest BCUT2D eigenvalue weighted by Gasteiger charge is -2.34. The highest BCUT2D eigenvalue weighted by Crippen LogP contribution is 2.47. The summed E-state index contributed by atoms with van der Waals surface area (Å²) in [5.74, 6) is 0.241. The second-order valence-corrected chi connectivity index (χ2v) is 8.20. The molecule has 0 spiro atoms. The lowest BCUT2D eigenvalue weighted by Crippen LogP contribution is -2.36. The maximum absolute atomic E-state index is 14.0. The van der Waals surface area contributed by atoms with E-state index in [1.54, 1.807) is 36.4 Å². The predicted molar refractivity (Wildman–Crippen MR) is 124 cm³/mol. The second kappa shape index (κ2) is 9.57. The van der Waals surface area contributed by atoms with Gasteiger partial charge in [0, 0.05) is 17.1 Å². The Morgan fingerprint density at radius 2 is 1.74 bits per heavy atom. The van der Waals surface area contributed by atoms with Gasteiger partial charge in [-0.2, -0.15) is 18.3 Å². The van der Waals surface area contributed by atoms with Crippen molar-refractivity contribution in [1.29, 1.82) is 0 Å². The van der Waals surface area contributed by atoms with E-state index in [-0.39, 0.29) is 17.8 Å². The van der Waals surface area contributed by atoms with Crippen molar-refractivity contribution < 1.29 is 32.2 Å². The average Bonchev–Trinajstić information content (AvgIpc) is 3.27. The minimum absolute atomic E-state index is 0.0358. The first-order valence-corrected chi connectivity index (χ1v) is 10.8. The molecule has 0 aliphatic carbocycles. The molecule has 35 heavy (non-hydrogen) atoms. The summed E-state index contributed by atoms with van der Waals surface area (Å²) in [5, 5.41) is 10.1. The first kappa shape index (κ1) is 24.5. The molecule has 1 aliphatic rings. The molecule has 0 saturated carbocycles. The Labute approximate surface area is 203 Å². The average molecular weight is 511 g/mol. The molecule has 2 heterocycles.